The molecule has 1 heterocycles. The summed E-state index contributed by atoms with van der Waals surface area (Å²) >= 11 is 0. The molecule has 1 saturated heterocycles. The van der Waals surface area contributed by atoms with Crippen molar-refractivity contribution in [1.29, 1.82) is 0 Å². The van der Waals surface area contributed by atoms with Gasteiger partial charge >= 0.3 is 5.97 Å². The maximum Gasteiger partial charge on any atom is 0.338 e. The van der Waals surface area contributed by atoms with E-state index in [1.807, 2.05) is 0 Å². The minimum atomic E-state index is -1.82. The van der Waals surface area contributed by atoms with Crippen LogP contribution < -0.4 is 10.2 Å². The molecule has 1 fully saturated rings. The number of carbonyl (C=O) groups is 1. The summed E-state index contributed by atoms with van der Waals surface area (Å²) in [6.07, 6.45) is 0. The van der Waals surface area contributed by atoms with Crippen LogP contribution in [0.2, 0.25) is 0 Å². The van der Waals surface area contributed by atoms with Gasteiger partial charge in [-0.15, -0.1) is 0 Å². The minimum absolute atomic E-state index is 0.119. The van der Waals surface area contributed by atoms with Crippen LogP contribution in [-0.2, 0) is 19.8 Å². The van der Waals surface area contributed by atoms with Crippen molar-refractivity contribution in [1.82, 2.24) is 0 Å². The molecule has 1 aliphatic heterocycles. The summed E-state index contributed by atoms with van der Waals surface area (Å²) < 4.78 is 24.8. The second-order valence-corrected chi connectivity index (χ2v) is 6.72. The van der Waals surface area contributed by atoms with Gasteiger partial charge in [0.15, 0.2) is 11.4 Å². The number of morpholine rings is 1. The van der Waals surface area contributed by atoms with Gasteiger partial charge in [-0.25, -0.2) is 9.18 Å². The fourth-order valence-corrected chi connectivity index (χ4v) is 3.41. The maximum atomic E-state index is 14.7. The quantitative estimate of drug-likeness (QED) is 0.398. The highest BCUT2D eigenvalue weighted by atomic mass is 19.1. The Labute approximate surface area is 172 Å². The number of nitro benzene ring substituents is 1. The van der Waals surface area contributed by atoms with Crippen molar-refractivity contribution in [3.63, 3.8) is 0 Å². The number of esters is 1. The Kier molecular flexibility index (Phi) is 6.48. The van der Waals surface area contributed by atoms with E-state index in [1.165, 1.54) is 6.07 Å². The van der Waals surface area contributed by atoms with Gasteiger partial charge in [0.05, 0.1) is 43.6 Å². The van der Waals surface area contributed by atoms with E-state index in [9.17, 15) is 24.4 Å². The Morgan fingerprint density at radius 1 is 1.33 bits per heavy atom. The van der Waals surface area contributed by atoms with E-state index >= 15 is 0 Å². The number of hydrogen-bond acceptors (Lipinski definition) is 8. The Bertz CT molecular complexity index is 920. The van der Waals surface area contributed by atoms with Gasteiger partial charge in [0.25, 0.3) is 5.69 Å². The number of halogens is 1. The first-order valence-corrected chi connectivity index (χ1v) is 9.26. The maximum absolute atomic E-state index is 14.7. The summed E-state index contributed by atoms with van der Waals surface area (Å²) in [5.74, 6) is -1.61. The molecular weight excluding hydrogens is 397 g/mol. The zero-order valence-electron chi connectivity index (χ0n) is 16.3. The summed E-state index contributed by atoms with van der Waals surface area (Å²) in [7, 11) is 1.15. The molecule has 2 aromatic rings. The Hall–Kier alpha value is -3.24. The number of nitro groups is 1. The molecule has 0 radical (unpaired) electrons. The highest BCUT2D eigenvalue weighted by Crippen LogP contribution is 2.37. The standard InChI is InChI=1S/C20H22FN3O6/c1-29-19(26)20(13-25,14-5-3-2-4-6-14)22-16-12-17(23-7-9-30-10-8-23)15(21)11-18(16)24(27)28/h2-6,11-12,22,25H,7-10,13H2,1H3. The number of nitrogens with one attached hydrogen (secondary N) is 1. The predicted octanol–water partition coefficient (Wildman–Crippen LogP) is 2.04. The van der Waals surface area contributed by atoms with Gasteiger partial charge in [-0.1, -0.05) is 30.3 Å². The molecule has 1 unspecified atom stereocenters. The zero-order chi connectivity index (χ0) is 21.7. The summed E-state index contributed by atoms with van der Waals surface area (Å²) in [6.45, 7) is 0.868. The molecule has 160 valence electrons. The molecule has 0 saturated carbocycles. The molecule has 0 aliphatic carbocycles. The molecule has 1 atom stereocenters. The van der Waals surface area contributed by atoms with Crippen molar-refractivity contribution < 1.29 is 28.7 Å². The van der Waals surface area contributed by atoms with Crippen LogP contribution in [0.1, 0.15) is 5.56 Å². The van der Waals surface area contributed by atoms with Crippen LogP contribution in [0.4, 0.5) is 21.5 Å². The molecule has 0 spiro atoms. The van der Waals surface area contributed by atoms with Crippen LogP contribution in [0, 0.1) is 15.9 Å². The highest BCUT2D eigenvalue weighted by Gasteiger charge is 2.43. The van der Waals surface area contributed by atoms with Crippen molar-refractivity contribution >= 4 is 23.0 Å². The van der Waals surface area contributed by atoms with Crippen LogP contribution >= 0.6 is 0 Å². The largest absolute Gasteiger partial charge is 0.467 e. The second kappa shape index (κ2) is 9.06. The number of aliphatic hydroxyl groups excluding tert-OH is 1. The first-order chi connectivity index (χ1) is 14.4. The van der Waals surface area contributed by atoms with Gasteiger partial charge in [-0.3, -0.25) is 10.1 Å². The van der Waals surface area contributed by atoms with E-state index in [-0.39, 0.29) is 11.4 Å². The topological polar surface area (TPSA) is 114 Å². The second-order valence-electron chi connectivity index (χ2n) is 6.72. The predicted molar refractivity (Wildman–Crippen MR) is 107 cm³/mol. The number of nitrogens with zero attached hydrogens (tertiary/aromatic N) is 2. The number of methoxy groups -OCH3 is 1. The third kappa shape index (κ3) is 4.05. The fraction of sp³-hybridized carbons (Fsp3) is 0.350. The highest BCUT2D eigenvalue weighted by molar-refractivity contribution is 5.88. The first-order valence-electron chi connectivity index (χ1n) is 9.26. The number of rotatable bonds is 7. The molecule has 2 aromatic carbocycles. The molecule has 30 heavy (non-hydrogen) atoms. The van der Waals surface area contributed by atoms with Crippen molar-refractivity contribution in [3.05, 3.63) is 64.0 Å². The van der Waals surface area contributed by atoms with Crippen LogP contribution in [-0.4, -0.2) is 56.0 Å². The lowest BCUT2D eigenvalue weighted by molar-refractivity contribution is -0.384. The van der Waals surface area contributed by atoms with E-state index in [1.54, 1.807) is 35.2 Å². The van der Waals surface area contributed by atoms with E-state index in [2.05, 4.69) is 5.32 Å². The molecule has 0 amide bonds. The average molecular weight is 419 g/mol. The van der Waals surface area contributed by atoms with Crippen LogP contribution in [0.25, 0.3) is 0 Å². The van der Waals surface area contributed by atoms with Gasteiger partial charge in [0, 0.05) is 13.1 Å². The molecule has 1 aliphatic rings. The van der Waals surface area contributed by atoms with E-state index in [0.717, 1.165) is 13.2 Å². The van der Waals surface area contributed by atoms with E-state index < -0.39 is 34.5 Å². The molecule has 0 bridgehead atoms. The lowest BCUT2D eigenvalue weighted by Crippen LogP contribution is -2.47. The Balaban J connectivity index is 2.13. The lowest BCUT2D eigenvalue weighted by atomic mass is 9.90. The number of ether oxygens (including phenoxy) is 2. The van der Waals surface area contributed by atoms with E-state index in [4.69, 9.17) is 9.47 Å². The van der Waals surface area contributed by atoms with E-state index in [0.29, 0.717) is 31.9 Å². The summed E-state index contributed by atoms with van der Waals surface area (Å²) in [4.78, 5) is 25.2. The van der Waals surface area contributed by atoms with Gasteiger partial charge in [-0.05, 0) is 11.6 Å². The molecule has 9 nitrogen and oxygen atoms in total. The normalized spacial score (nSPS) is 15.9. The summed E-state index contributed by atoms with van der Waals surface area (Å²) in [6, 6.07) is 10.3. The lowest BCUT2D eigenvalue weighted by Gasteiger charge is -2.33. The molecule has 0 aromatic heterocycles. The monoisotopic (exact) mass is 419 g/mol. The third-order valence-electron chi connectivity index (χ3n) is 5.00. The summed E-state index contributed by atoms with van der Waals surface area (Å²) in [5.41, 5.74) is -2.03. The van der Waals surface area contributed by atoms with Gasteiger partial charge in [0.1, 0.15) is 5.69 Å². The third-order valence-corrected chi connectivity index (χ3v) is 5.00. The Morgan fingerprint density at radius 3 is 2.57 bits per heavy atom. The first kappa shape index (κ1) is 21.5. The SMILES string of the molecule is COC(=O)C(CO)(Nc1cc(N2CCOCC2)c(F)cc1[N+](=O)[O-])c1ccccc1. The zero-order valence-corrected chi connectivity index (χ0v) is 16.3. The number of benzene rings is 2. The fourth-order valence-electron chi connectivity index (χ4n) is 3.41. The Morgan fingerprint density at radius 2 is 2.00 bits per heavy atom. The smallest absolute Gasteiger partial charge is 0.338 e. The van der Waals surface area contributed by atoms with Crippen LogP contribution in [0.3, 0.4) is 0 Å². The minimum Gasteiger partial charge on any atom is -0.467 e. The molecule has 2 N–H and O–H groups in total. The number of aliphatic hydroxyl groups is 1. The molecule has 3 rings (SSSR count). The van der Waals surface area contributed by atoms with Gasteiger partial charge in [-0.2, -0.15) is 0 Å². The van der Waals surface area contributed by atoms with Gasteiger partial charge < -0.3 is 24.8 Å². The molecular formula is C20H22FN3O6. The number of anilines is 2. The number of hydrogen-bond donors (Lipinski definition) is 2. The van der Waals surface area contributed by atoms with Crippen molar-refractivity contribution in [2.45, 2.75) is 5.54 Å². The summed E-state index contributed by atoms with van der Waals surface area (Å²) in [5, 5.41) is 24.5. The van der Waals surface area contributed by atoms with Crippen molar-refractivity contribution in [2.75, 3.05) is 50.2 Å². The molecule has 10 heteroatoms. The van der Waals surface area contributed by atoms with Crippen LogP contribution in [0.5, 0.6) is 0 Å². The van der Waals surface area contributed by atoms with Crippen molar-refractivity contribution in [3.8, 4) is 0 Å². The van der Waals surface area contributed by atoms with Gasteiger partial charge in [0.2, 0.25) is 0 Å². The number of carbonyl (C=O) groups excluding carboxylic acids is 1. The van der Waals surface area contributed by atoms with Crippen molar-refractivity contribution in [2.24, 2.45) is 0 Å². The van der Waals surface area contributed by atoms with Crippen LogP contribution in [0.15, 0.2) is 42.5 Å². The average Bonchev–Trinajstić information content (AvgIpc) is 2.78.